The molecule has 0 radical (unpaired) electrons. The average molecular weight is 585 g/mol. The van der Waals surface area contributed by atoms with Crippen molar-refractivity contribution in [3.05, 3.63) is 95.0 Å². The van der Waals surface area contributed by atoms with Gasteiger partial charge in [0.1, 0.15) is 29.1 Å². The van der Waals surface area contributed by atoms with Crippen molar-refractivity contribution in [2.75, 3.05) is 18.0 Å². The van der Waals surface area contributed by atoms with Gasteiger partial charge in [0.2, 0.25) is 0 Å². The number of hydrogen-bond donors (Lipinski definition) is 2. The first-order valence-corrected chi connectivity index (χ1v) is 14.0. The highest BCUT2D eigenvalue weighted by Gasteiger charge is 2.28. The zero-order valence-corrected chi connectivity index (χ0v) is 23.5. The lowest BCUT2D eigenvalue weighted by Crippen LogP contribution is -2.40. The standard InChI is InChI=1S/C32H27ClF2N6O/c1-18(28-6-5-21(33)15-38-28)41-17-27(25-4-2-3-19(14-36)31(25)42)29-30(40-9-7-24(37)8-10-40)26(16-39-32(29)41)20-11-22(34)13-23(35)12-20/h2-6,11-13,15-18,24,42H,7-10,37H2,1H3. The molecule has 10 heteroatoms. The van der Waals surface area contributed by atoms with Crippen molar-refractivity contribution in [2.45, 2.75) is 31.8 Å². The summed E-state index contributed by atoms with van der Waals surface area (Å²) in [6.45, 7) is 3.21. The first-order valence-electron chi connectivity index (χ1n) is 13.6. The lowest BCUT2D eigenvalue weighted by atomic mass is 9.95. The van der Waals surface area contributed by atoms with Crippen LogP contribution in [0.1, 0.15) is 37.1 Å². The molecule has 1 fully saturated rings. The number of pyridine rings is 2. The van der Waals surface area contributed by atoms with Crippen molar-refractivity contribution in [1.29, 1.82) is 5.26 Å². The van der Waals surface area contributed by atoms with Crippen LogP contribution in [-0.2, 0) is 0 Å². The van der Waals surface area contributed by atoms with Gasteiger partial charge >= 0.3 is 0 Å². The van der Waals surface area contributed by atoms with Crippen molar-refractivity contribution >= 4 is 28.3 Å². The fraction of sp³-hybridized carbons (Fsp3) is 0.219. The number of nitrogens with two attached hydrogens (primary N) is 1. The van der Waals surface area contributed by atoms with Crippen molar-refractivity contribution in [3.63, 3.8) is 0 Å². The molecule has 3 aromatic heterocycles. The van der Waals surface area contributed by atoms with Crippen molar-refractivity contribution < 1.29 is 13.9 Å². The SMILES string of the molecule is CC(c1ccc(Cl)cn1)n1cc(-c2cccc(C#N)c2O)c2c(N3CCC(N)CC3)c(-c3cc(F)cc(F)c3)cnc21. The molecule has 7 nitrogen and oxygen atoms in total. The summed E-state index contributed by atoms with van der Waals surface area (Å²) < 4.78 is 30.9. The Balaban J connectivity index is 1.70. The normalized spacial score (nSPS) is 14.7. The lowest BCUT2D eigenvalue weighted by Gasteiger charge is -2.34. The van der Waals surface area contributed by atoms with Crippen LogP contribution in [0.15, 0.2) is 67.1 Å². The van der Waals surface area contributed by atoms with Crippen LogP contribution in [0.2, 0.25) is 5.02 Å². The minimum Gasteiger partial charge on any atom is -0.506 e. The Kier molecular flexibility index (Phi) is 7.27. The number of aromatic hydroxyl groups is 1. The molecule has 0 saturated carbocycles. The summed E-state index contributed by atoms with van der Waals surface area (Å²) in [5, 5.41) is 22.0. The van der Waals surface area contributed by atoms with E-state index in [0.29, 0.717) is 51.4 Å². The number of rotatable bonds is 5. The summed E-state index contributed by atoms with van der Waals surface area (Å²) in [7, 11) is 0. The van der Waals surface area contributed by atoms with Crippen LogP contribution in [0.5, 0.6) is 5.75 Å². The van der Waals surface area contributed by atoms with Crippen LogP contribution in [0.25, 0.3) is 33.3 Å². The molecule has 6 rings (SSSR count). The molecule has 1 aliphatic heterocycles. The number of halogens is 3. The Morgan fingerprint density at radius 2 is 1.76 bits per heavy atom. The highest BCUT2D eigenvalue weighted by molar-refractivity contribution is 6.30. The summed E-state index contributed by atoms with van der Waals surface area (Å²) >= 11 is 6.10. The molecule has 42 heavy (non-hydrogen) atoms. The monoisotopic (exact) mass is 584 g/mol. The molecule has 2 aromatic carbocycles. The second-order valence-corrected chi connectivity index (χ2v) is 11.0. The van der Waals surface area contributed by atoms with Crippen LogP contribution in [0, 0.1) is 23.0 Å². The van der Waals surface area contributed by atoms with E-state index in [1.54, 1.807) is 36.7 Å². The number of para-hydroxylation sites is 1. The summed E-state index contributed by atoms with van der Waals surface area (Å²) in [5.41, 5.74) is 10.4. The number of fused-ring (bicyclic) bond motifs is 1. The van der Waals surface area contributed by atoms with Gasteiger partial charge in [0.15, 0.2) is 0 Å². The topological polar surface area (TPSA) is 104 Å². The van der Waals surface area contributed by atoms with Crippen molar-refractivity contribution in [1.82, 2.24) is 14.5 Å². The zero-order chi connectivity index (χ0) is 29.5. The van der Waals surface area contributed by atoms with E-state index in [2.05, 4.69) is 9.88 Å². The number of nitrogens with zero attached hydrogens (tertiary/aromatic N) is 5. The molecule has 1 unspecified atom stereocenters. The number of piperidine rings is 1. The maximum absolute atomic E-state index is 14.5. The van der Waals surface area contributed by atoms with Gasteiger partial charge in [0, 0.05) is 60.5 Å². The van der Waals surface area contributed by atoms with E-state index < -0.39 is 11.6 Å². The largest absolute Gasteiger partial charge is 0.506 e. The Labute approximate surface area is 246 Å². The predicted octanol–water partition coefficient (Wildman–Crippen LogP) is 6.81. The molecule has 0 bridgehead atoms. The van der Waals surface area contributed by atoms with Gasteiger partial charge in [0.25, 0.3) is 0 Å². The van der Waals surface area contributed by atoms with Gasteiger partial charge < -0.3 is 20.3 Å². The number of nitriles is 1. The molecular weight excluding hydrogens is 558 g/mol. The maximum Gasteiger partial charge on any atom is 0.143 e. The molecule has 1 saturated heterocycles. The van der Waals surface area contributed by atoms with E-state index in [1.165, 1.54) is 12.1 Å². The van der Waals surface area contributed by atoms with Gasteiger partial charge in [-0.25, -0.2) is 13.8 Å². The third kappa shape index (κ3) is 4.93. The quantitative estimate of drug-likeness (QED) is 0.235. The van der Waals surface area contributed by atoms with Crippen LogP contribution >= 0.6 is 11.6 Å². The molecule has 1 aliphatic rings. The zero-order valence-electron chi connectivity index (χ0n) is 22.7. The van der Waals surface area contributed by atoms with Crippen LogP contribution in [0.4, 0.5) is 14.5 Å². The minimum absolute atomic E-state index is 0.0464. The third-order valence-electron chi connectivity index (χ3n) is 7.89. The van der Waals surface area contributed by atoms with Crippen molar-refractivity contribution in [3.8, 4) is 34.1 Å². The van der Waals surface area contributed by atoms with E-state index in [4.69, 9.17) is 22.3 Å². The van der Waals surface area contributed by atoms with E-state index in [0.717, 1.165) is 30.3 Å². The average Bonchev–Trinajstić information content (AvgIpc) is 3.36. The Morgan fingerprint density at radius 1 is 1.02 bits per heavy atom. The van der Waals surface area contributed by atoms with Gasteiger partial charge in [0.05, 0.1) is 33.4 Å². The highest BCUT2D eigenvalue weighted by atomic mass is 35.5. The number of phenols is 1. The summed E-state index contributed by atoms with van der Waals surface area (Å²) in [6, 6.07) is 13.8. The summed E-state index contributed by atoms with van der Waals surface area (Å²) in [4.78, 5) is 11.5. The van der Waals surface area contributed by atoms with Gasteiger partial charge in [-0.05, 0) is 55.7 Å². The van der Waals surface area contributed by atoms with E-state index in [-0.39, 0.29) is 23.4 Å². The lowest BCUT2D eigenvalue weighted by molar-refractivity contribution is 0.475. The first kappa shape index (κ1) is 27.6. The molecule has 0 aliphatic carbocycles. The predicted molar refractivity (Wildman–Crippen MR) is 159 cm³/mol. The van der Waals surface area contributed by atoms with Gasteiger partial charge in [-0.2, -0.15) is 5.26 Å². The Bertz CT molecular complexity index is 1820. The second kappa shape index (κ2) is 11.0. The summed E-state index contributed by atoms with van der Waals surface area (Å²) in [6.07, 6.45) is 6.56. The number of benzene rings is 2. The molecule has 0 spiro atoms. The van der Waals surface area contributed by atoms with Gasteiger partial charge in [-0.1, -0.05) is 23.7 Å². The van der Waals surface area contributed by atoms with Gasteiger partial charge in [-0.3, -0.25) is 4.98 Å². The highest BCUT2D eigenvalue weighted by Crippen LogP contribution is 2.46. The molecule has 212 valence electrons. The molecule has 1 atom stereocenters. The molecular formula is C32H27ClF2N6O. The minimum atomic E-state index is -0.698. The van der Waals surface area contributed by atoms with E-state index in [1.807, 2.05) is 29.8 Å². The molecule has 0 amide bonds. The molecule has 5 aromatic rings. The van der Waals surface area contributed by atoms with E-state index >= 15 is 0 Å². The second-order valence-electron chi connectivity index (χ2n) is 10.5. The summed E-state index contributed by atoms with van der Waals surface area (Å²) in [5.74, 6) is -1.56. The smallest absolute Gasteiger partial charge is 0.143 e. The Morgan fingerprint density at radius 3 is 2.43 bits per heavy atom. The van der Waals surface area contributed by atoms with Crippen LogP contribution in [0.3, 0.4) is 0 Å². The fourth-order valence-corrected chi connectivity index (χ4v) is 5.81. The van der Waals surface area contributed by atoms with Crippen molar-refractivity contribution in [2.24, 2.45) is 5.73 Å². The molecule has 4 heterocycles. The number of hydrogen-bond acceptors (Lipinski definition) is 6. The maximum atomic E-state index is 14.5. The van der Waals surface area contributed by atoms with Gasteiger partial charge in [-0.15, -0.1) is 0 Å². The number of phenolic OH excluding ortho intramolecular Hbond substituents is 1. The van der Waals surface area contributed by atoms with Crippen LogP contribution in [-0.4, -0.2) is 38.8 Å². The number of anilines is 1. The fourth-order valence-electron chi connectivity index (χ4n) is 5.70. The Hall–Kier alpha value is -4.52. The molecule has 3 N–H and O–H groups in total. The third-order valence-corrected chi connectivity index (χ3v) is 8.11. The van der Waals surface area contributed by atoms with E-state index in [9.17, 15) is 19.1 Å². The number of aromatic nitrogens is 3. The first-order chi connectivity index (χ1) is 20.2. The van der Waals surface area contributed by atoms with Crippen LogP contribution < -0.4 is 10.6 Å².